The summed E-state index contributed by atoms with van der Waals surface area (Å²) in [6.07, 6.45) is 1.23. The molecule has 0 saturated carbocycles. The van der Waals surface area contributed by atoms with E-state index >= 15 is 0 Å². The van der Waals surface area contributed by atoms with Gasteiger partial charge in [0.25, 0.3) is 0 Å². The number of nitrogens with one attached hydrogen (secondary N) is 1. The van der Waals surface area contributed by atoms with Crippen molar-refractivity contribution in [3.05, 3.63) is 18.0 Å². The minimum Gasteiger partial charge on any atom is -0.480 e. The molecule has 0 aromatic carbocycles. The lowest BCUT2D eigenvalue weighted by Crippen LogP contribution is -2.44. The molecule has 0 fully saturated rings. The number of hydrogen-bond donors (Lipinski definition) is 2. The van der Waals surface area contributed by atoms with Gasteiger partial charge in [0.05, 0.1) is 6.61 Å². The molecule has 2 N–H and O–H groups in total. The van der Waals surface area contributed by atoms with Crippen molar-refractivity contribution in [2.75, 3.05) is 6.61 Å². The van der Waals surface area contributed by atoms with Crippen LogP contribution in [-0.2, 0) is 26.6 Å². The third kappa shape index (κ3) is 4.08. The number of sulfonamides is 1. The zero-order valence-electron chi connectivity index (χ0n) is 12.9. The second-order valence-electron chi connectivity index (χ2n) is 5.07. The summed E-state index contributed by atoms with van der Waals surface area (Å²) in [7, 11) is -2.56. The third-order valence-corrected chi connectivity index (χ3v) is 4.40. The number of carbonyl (C=O) groups is 2. The molecule has 0 aliphatic carbocycles. The smallest absolute Gasteiger partial charge is 0.354 e. The molecule has 1 atom stereocenters. The quantitative estimate of drug-likeness (QED) is 0.706. The predicted molar refractivity (Wildman–Crippen MR) is 78.0 cm³/mol. The lowest BCUT2D eigenvalue weighted by molar-refractivity contribution is -0.140. The van der Waals surface area contributed by atoms with Crippen LogP contribution >= 0.6 is 0 Å². The van der Waals surface area contributed by atoms with Crippen molar-refractivity contribution in [2.45, 2.75) is 31.7 Å². The van der Waals surface area contributed by atoms with E-state index in [0.717, 1.165) is 6.07 Å². The first-order valence-corrected chi connectivity index (χ1v) is 8.17. The Bertz CT molecular complexity index is 662. The van der Waals surface area contributed by atoms with Crippen LogP contribution in [0.5, 0.6) is 0 Å². The molecule has 9 heteroatoms. The van der Waals surface area contributed by atoms with Crippen molar-refractivity contribution >= 4 is 22.0 Å². The van der Waals surface area contributed by atoms with Crippen LogP contribution in [0.2, 0.25) is 0 Å². The number of nitrogens with zero attached hydrogens (tertiary/aromatic N) is 1. The largest absolute Gasteiger partial charge is 0.480 e. The van der Waals surface area contributed by atoms with Gasteiger partial charge in [-0.05, 0) is 18.9 Å². The molecule has 0 amide bonds. The van der Waals surface area contributed by atoms with Crippen molar-refractivity contribution in [3.8, 4) is 0 Å². The van der Waals surface area contributed by atoms with Gasteiger partial charge in [0, 0.05) is 13.2 Å². The second-order valence-corrected chi connectivity index (χ2v) is 6.79. The molecule has 124 valence electrons. The number of rotatable bonds is 7. The number of aromatic nitrogens is 1. The van der Waals surface area contributed by atoms with Crippen LogP contribution in [0, 0.1) is 5.92 Å². The average Bonchev–Trinajstić information content (AvgIpc) is 2.78. The van der Waals surface area contributed by atoms with Crippen LogP contribution in [0.25, 0.3) is 0 Å². The van der Waals surface area contributed by atoms with E-state index in [0.29, 0.717) is 0 Å². The van der Waals surface area contributed by atoms with E-state index in [2.05, 4.69) is 4.72 Å². The van der Waals surface area contributed by atoms with Crippen LogP contribution < -0.4 is 4.72 Å². The molecular formula is C13H20N2O6S. The molecule has 1 heterocycles. The number of hydrogen-bond acceptors (Lipinski definition) is 5. The van der Waals surface area contributed by atoms with Crippen molar-refractivity contribution in [1.82, 2.24) is 9.29 Å². The van der Waals surface area contributed by atoms with E-state index in [1.165, 1.54) is 17.8 Å². The Morgan fingerprint density at radius 1 is 1.41 bits per heavy atom. The van der Waals surface area contributed by atoms with Gasteiger partial charge in [-0.3, -0.25) is 4.79 Å². The molecule has 1 aromatic heterocycles. The van der Waals surface area contributed by atoms with E-state index in [1.807, 2.05) is 0 Å². The predicted octanol–water partition coefficient (Wildman–Crippen LogP) is 0.589. The topological polar surface area (TPSA) is 115 Å². The maximum Gasteiger partial charge on any atom is 0.354 e. The Balaban J connectivity index is 3.11. The van der Waals surface area contributed by atoms with E-state index in [4.69, 9.17) is 9.84 Å². The van der Waals surface area contributed by atoms with Gasteiger partial charge < -0.3 is 14.4 Å². The van der Waals surface area contributed by atoms with Crippen LogP contribution in [0.15, 0.2) is 17.2 Å². The van der Waals surface area contributed by atoms with E-state index in [1.54, 1.807) is 20.8 Å². The molecule has 0 spiro atoms. The second kappa shape index (κ2) is 6.93. The Labute approximate surface area is 129 Å². The minimum absolute atomic E-state index is 0.0682. The van der Waals surface area contributed by atoms with Crippen molar-refractivity contribution in [1.29, 1.82) is 0 Å². The van der Waals surface area contributed by atoms with Crippen LogP contribution in [-0.4, -0.2) is 42.7 Å². The maximum atomic E-state index is 12.3. The fourth-order valence-electron chi connectivity index (χ4n) is 1.80. The molecule has 8 nitrogen and oxygen atoms in total. The molecule has 0 aliphatic rings. The Hall–Kier alpha value is -1.87. The lowest BCUT2D eigenvalue weighted by Gasteiger charge is -2.17. The Morgan fingerprint density at radius 2 is 2.00 bits per heavy atom. The highest BCUT2D eigenvalue weighted by atomic mass is 32.2. The fraction of sp³-hybridized carbons (Fsp3) is 0.538. The highest BCUT2D eigenvalue weighted by Crippen LogP contribution is 2.16. The highest BCUT2D eigenvalue weighted by Gasteiger charge is 2.29. The minimum atomic E-state index is -4.06. The van der Waals surface area contributed by atoms with Crippen molar-refractivity contribution in [2.24, 2.45) is 13.0 Å². The maximum absolute atomic E-state index is 12.3. The van der Waals surface area contributed by atoms with Gasteiger partial charge in [0.1, 0.15) is 16.6 Å². The standard InChI is InChI=1S/C13H20N2O6S/c1-5-21-13(18)10-6-9(7-15(10)4)22(19,20)14-11(8(2)3)12(16)17/h6-8,11,14H,5H2,1-4H3,(H,16,17)/t11-/m0/s1. The van der Waals surface area contributed by atoms with Crippen molar-refractivity contribution < 1.29 is 27.9 Å². The summed E-state index contributed by atoms with van der Waals surface area (Å²) >= 11 is 0. The van der Waals surface area contributed by atoms with Gasteiger partial charge in [-0.2, -0.15) is 4.72 Å². The first-order chi connectivity index (χ1) is 10.1. The van der Waals surface area contributed by atoms with Gasteiger partial charge in [-0.25, -0.2) is 13.2 Å². The number of esters is 1. The van der Waals surface area contributed by atoms with Gasteiger partial charge in [-0.15, -0.1) is 0 Å². The number of carboxylic acid groups (broad SMARTS) is 1. The summed E-state index contributed by atoms with van der Waals surface area (Å²) < 4.78 is 32.8. The van der Waals surface area contributed by atoms with E-state index in [-0.39, 0.29) is 17.2 Å². The monoisotopic (exact) mass is 332 g/mol. The summed E-state index contributed by atoms with van der Waals surface area (Å²) in [5.74, 6) is -2.34. The number of aryl methyl sites for hydroxylation is 1. The van der Waals surface area contributed by atoms with Crippen LogP contribution in [0.3, 0.4) is 0 Å². The van der Waals surface area contributed by atoms with E-state index in [9.17, 15) is 18.0 Å². The molecule has 0 saturated heterocycles. The molecule has 1 aromatic rings. The SMILES string of the molecule is CCOC(=O)c1cc(S(=O)(=O)N[C@H](C(=O)O)C(C)C)cn1C. The molecule has 0 bridgehead atoms. The summed E-state index contributed by atoms with van der Waals surface area (Å²) in [6, 6.07) is -0.101. The van der Waals surface area contributed by atoms with Gasteiger partial charge in [0.15, 0.2) is 0 Å². The zero-order chi connectivity index (χ0) is 17.1. The average molecular weight is 332 g/mol. The highest BCUT2D eigenvalue weighted by molar-refractivity contribution is 7.89. The molecular weight excluding hydrogens is 312 g/mol. The number of aliphatic carboxylic acids is 1. The van der Waals surface area contributed by atoms with Crippen LogP contribution in [0.1, 0.15) is 31.3 Å². The zero-order valence-corrected chi connectivity index (χ0v) is 13.7. The van der Waals surface area contributed by atoms with Gasteiger partial charge >= 0.3 is 11.9 Å². The molecule has 0 aliphatic heterocycles. The van der Waals surface area contributed by atoms with Crippen molar-refractivity contribution in [3.63, 3.8) is 0 Å². The number of ether oxygens (including phenoxy) is 1. The summed E-state index contributed by atoms with van der Waals surface area (Å²) in [6.45, 7) is 4.99. The van der Waals surface area contributed by atoms with Crippen LogP contribution in [0.4, 0.5) is 0 Å². The summed E-state index contributed by atoms with van der Waals surface area (Å²) in [5.41, 5.74) is 0.0682. The molecule has 22 heavy (non-hydrogen) atoms. The molecule has 0 unspecified atom stereocenters. The van der Waals surface area contributed by atoms with Gasteiger partial charge in [-0.1, -0.05) is 13.8 Å². The molecule has 1 rings (SSSR count). The van der Waals surface area contributed by atoms with Gasteiger partial charge in [0.2, 0.25) is 10.0 Å². The summed E-state index contributed by atoms with van der Waals surface area (Å²) in [4.78, 5) is 22.6. The summed E-state index contributed by atoms with van der Waals surface area (Å²) in [5, 5.41) is 9.07. The number of carboxylic acids is 1. The third-order valence-electron chi connectivity index (χ3n) is 2.99. The lowest BCUT2D eigenvalue weighted by atomic mass is 10.1. The first kappa shape index (κ1) is 18.2. The fourth-order valence-corrected chi connectivity index (χ4v) is 3.20. The molecule has 0 radical (unpaired) electrons. The Morgan fingerprint density at radius 3 is 2.45 bits per heavy atom. The first-order valence-electron chi connectivity index (χ1n) is 6.68. The Kier molecular flexibility index (Phi) is 5.72. The number of carbonyl (C=O) groups excluding carboxylic acids is 1. The van der Waals surface area contributed by atoms with E-state index < -0.39 is 33.9 Å². The normalized spacial score (nSPS) is 13.1.